The molecule has 0 saturated heterocycles. The second-order valence-electron chi connectivity index (χ2n) is 10.2. The maximum atomic E-state index is 13.1. The van der Waals surface area contributed by atoms with Crippen molar-refractivity contribution in [2.75, 3.05) is 26.2 Å². The molecular formula is C29H39Cl3N2O4S. The smallest absolute Gasteiger partial charge is 0.244 e. The molecule has 0 heterocycles. The summed E-state index contributed by atoms with van der Waals surface area (Å²) < 4.78 is 33.4. The van der Waals surface area contributed by atoms with Gasteiger partial charge >= 0.3 is 0 Å². The average Bonchev–Trinajstić information content (AvgIpc) is 2.87. The molecule has 0 radical (unpaired) electrons. The van der Waals surface area contributed by atoms with E-state index in [4.69, 9.17) is 27.9 Å². The van der Waals surface area contributed by atoms with E-state index in [2.05, 4.69) is 49.5 Å². The molecule has 0 aliphatic rings. The second kappa shape index (κ2) is 14.9. The van der Waals surface area contributed by atoms with Crippen molar-refractivity contribution in [2.45, 2.75) is 63.5 Å². The predicted octanol–water partition coefficient (Wildman–Crippen LogP) is 6.73. The zero-order chi connectivity index (χ0) is 27.9. The average molecular weight is 618 g/mol. The van der Waals surface area contributed by atoms with Crippen molar-refractivity contribution < 1.29 is 18.3 Å². The number of halogens is 3. The first kappa shape index (κ1) is 33.6. The summed E-state index contributed by atoms with van der Waals surface area (Å²) in [6.07, 6.45) is 1.36. The van der Waals surface area contributed by atoms with Crippen molar-refractivity contribution in [3.8, 4) is 5.75 Å². The molecule has 0 aromatic heterocycles. The number of aliphatic hydroxyl groups is 1. The van der Waals surface area contributed by atoms with Gasteiger partial charge in [-0.05, 0) is 61.6 Å². The van der Waals surface area contributed by atoms with Crippen LogP contribution >= 0.6 is 35.6 Å². The van der Waals surface area contributed by atoms with Crippen LogP contribution in [0, 0.1) is 0 Å². The Morgan fingerprint density at radius 2 is 1.62 bits per heavy atom. The van der Waals surface area contributed by atoms with Gasteiger partial charge < -0.3 is 15.2 Å². The molecule has 0 fully saturated rings. The SMILES string of the molecule is CCCN(CCC)S(=O)(=O)c1ccc(OC[C@H](O)CNC(C)(C)Cc2ccc3ccccc3c2)c(Cl)c1Cl.Cl. The number of β-amino-alcohol motifs (C(OH)–C–C–N with tert-alkyl or cyclic N) is 1. The van der Waals surface area contributed by atoms with Crippen LogP contribution in [0.3, 0.4) is 0 Å². The van der Waals surface area contributed by atoms with Crippen molar-refractivity contribution in [3.05, 3.63) is 70.2 Å². The van der Waals surface area contributed by atoms with Gasteiger partial charge in [-0.1, -0.05) is 79.5 Å². The number of hydrogen-bond donors (Lipinski definition) is 2. The number of benzene rings is 3. The standard InChI is InChI=1S/C29H38Cl2N2O4S.ClH/c1-5-15-33(16-6-2)38(35,36)26-14-13-25(27(30)28(26)31)37-20-24(34)19-32-29(3,4)18-21-11-12-22-9-7-8-10-23(22)17-21;/h7-14,17,24,32,34H,5-6,15-16,18-20H2,1-4H3;1H/t24-;/m1./s1. The van der Waals surface area contributed by atoms with Crippen LogP contribution in [0.2, 0.25) is 10.0 Å². The van der Waals surface area contributed by atoms with E-state index in [1.54, 1.807) is 0 Å². The summed E-state index contributed by atoms with van der Waals surface area (Å²) in [6.45, 7) is 9.11. The number of aliphatic hydroxyl groups excluding tert-OH is 1. The molecule has 3 aromatic carbocycles. The summed E-state index contributed by atoms with van der Waals surface area (Å²) >= 11 is 12.8. The molecule has 216 valence electrons. The van der Waals surface area contributed by atoms with E-state index in [0.29, 0.717) is 32.5 Å². The molecule has 3 aromatic rings. The second-order valence-corrected chi connectivity index (χ2v) is 12.8. The van der Waals surface area contributed by atoms with Gasteiger partial charge in [-0.2, -0.15) is 4.31 Å². The van der Waals surface area contributed by atoms with E-state index in [1.807, 2.05) is 26.0 Å². The first-order chi connectivity index (χ1) is 18.0. The summed E-state index contributed by atoms with van der Waals surface area (Å²) in [4.78, 5) is -0.0453. The predicted molar refractivity (Wildman–Crippen MR) is 164 cm³/mol. The Balaban J connectivity index is 0.00000533. The third kappa shape index (κ3) is 8.95. The Morgan fingerprint density at radius 3 is 2.26 bits per heavy atom. The molecule has 39 heavy (non-hydrogen) atoms. The zero-order valence-corrected chi connectivity index (χ0v) is 26.1. The normalized spacial score (nSPS) is 12.9. The van der Waals surface area contributed by atoms with Gasteiger partial charge in [-0.25, -0.2) is 8.42 Å². The van der Waals surface area contributed by atoms with Gasteiger partial charge in [0, 0.05) is 25.2 Å². The van der Waals surface area contributed by atoms with Crippen LogP contribution in [-0.4, -0.2) is 55.7 Å². The fraction of sp³-hybridized carbons (Fsp3) is 0.448. The highest BCUT2D eigenvalue weighted by molar-refractivity contribution is 7.89. The lowest BCUT2D eigenvalue weighted by Gasteiger charge is -2.28. The molecule has 0 aliphatic heterocycles. The van der Waals surface area contributed by atoms with Gasteiger partial charge in [0.05, 0.1) is 5.02 Å². The van der Waals surface area contributed by atoms with Crippen LogP contribution in [0.4, 0.5) is 0 Å². The van der Waals surface area contributed by atoms with Gasteiger partial charge in [0.15, 0.2) is 0 Å². The summed E-state index contributed by atoms with van der Waals surface area (Å²) in [5, 5.41) is 16.3. The van der Waals surface area contributed by atoms with E-state index in [0.717, 1.165) is 6.42 Å². The molecular weight excluding hydrogens is 579 g/mol. The van der Waals surface area contributed by atoms with Crippen LogP contribution < -0.4 is 10.1 Å². The van der Waals surface area contributed by atoms with Crippen LogP contribution in [0.25, 0.3) is 10.8 Å². The minimum absolute atomic E-state index is 0. The maximum Gasteiger partial charge on any atom is 0.244 e. The largest absolute Gasteiger partial charge is 0.489 e. The summed E-state index contributed by atoms with van der Waals surface area (Å²) in [5.74, 6) is 0.225. The van der Waals surface area contributed by atoms with Crippen molar-refractivity contribution in [1.82, 2.24) is 9.62 Å². The van der Waals surface area contributed by atoms with E-state index >= 15 is 0 Å². The molecule has 0 spiro atoms. The van der Waals surface area contributed by atoms with E-state index in [9.17, 15) is 13.5 Å². The van der Waals surface area contributed by atoms with Crippen molar-refractivity contribution in [3.63, 3.8) is 0 Å². The highest BCUT2D eigenvalue weighted by atomic mass is 35.5. The Kier molecular flexibility index (Phi) is 12.8. The Morgan fingerprint density at radius 1 is 0.974 bits per heavy atom. The van der Waals surface area contributed by atoms with E-state index in [-0.39, 0.29) is 45.2 Å². The van der Waals surface area contributed by atoms with Crippen LogP contribution in [0.15, 0.2) is 59.5 Å². The third-order valence-electron chi connectivity index (χ3n) is 6.28. The summed E-state index contributed by atoms with van der Waals surface area (Å²) in [5.41, 5.74) is 0.948. The lowest BCUT2D eigenvalue weighted by Crippen LogP contribution is -2.46. The van der Waals surface area contributed by atoms with Gasteiger partial charge in [0.2, 0.25) is 10.0 Å². The van der Waals surface area contributed by atoms with Gasteiger partial charge in [-0.15, -0.1) is 12.4 Å². The van der Waals surface area contributed by atoms with Crippen molar-refractivity contribution in [1.29, 1.82) is 0 Å². The number of ether oxygens (including phenoxy) is 1. The highest BCUT2D eigenvalue weighted by Gasteiger charge is 2.28. The van der Waals surface area contributed by atoms with Crippen LogP contribution in [0.5, 0.6) is 5.75 Å². The first-order valence-electron chi connectivity index (χ1n) is 13.0. The van der Waals surface area contributed by atoms with Gasteiger partial charge in [0.1, 0.15) is 28.4 Å². The molecule has 0 aliphatic carbocycles. The monoisotopic (exact) mass is 616 g/mol. The first-order valence-corrected chi connectivity index (χ1v) is 15.2. The Bertz CT molecular complexity index is 1330. The summed E-state index contributed by atoms with van der Waals surface area (Å²) in [7, 11) is -3.79. The number of nitrogens with zero attached hydrogens (tertiary/aromatic N) is 1. The van der Waals surface area contributed by atoms with E-state index < -0.39 is 16.1 Å². The molecule has 0 unspecified atom stereocenters. The fourth-order valence-corrected chi connectivity index (χ4v) is 6.79. The molecule has 2 N–H and O–H groups in total. The number of fused-ring (bicyclic) bond motifs is 1. The molecule has 0 saturated carbocycles. The minimum Gasteiger partial charge on any atom is -0.489 e. The molecule has 6 nitrogen and oxygen atoms in total. The Labute approximate surface area is 249 Å². The Hall–Kier alpha value is -1.58. The van der Waals surface area contributed by atoms with Gasteiger partial charge in [0.25, 0.3) is 0 Å². The van der Waals surface area contributed by atoms with Crippen molar-refractivity contribution >= 4 is 56.4 Å². The molecule has 10 heteroatoms. The zero-order valence-electron chi connectivity index (χ0n) is 22.9. The van der Waals surface area contributed by atoms with Crippen LogP contribution in [-0.2, 0) is 16.4 Å². The van der Waals surface area contributed by atoms with E-state index in [1.165, 1.54) is 32.8 Å². The maximum absolute atomic E-state index is 13.1. The lowest BCUT2D eigenvalue weighted by atomic mass is 9.93. The van der Waals surface area contributed by atoms with Gasteiger partial charge in [-0.3, -0.25) is 0 Å². The summed E-state index contributed by atoms with van der Waals surface area (Å²) in [6, 6.07) is 17.6. The minimum atomic E-state index is -3.79. The number of hydrogen-bond acceptors (Lipinski definition) is 5. The topological polar surface area (TPSA) is 78.9 Å². The van der Waals surface area contributed by atoms with Crippen LogP contribution in [0.1, 0.15) is 46.1 Å². The quantitative estimate of drug-likeness (QED) is 0.210. The fourth-order valence-electron chi connectivity index (χ4n) is 4.38. The number of sulfonamides is 1. The van der Waals surface area contributed by atoms with Crippen molar-refractivity contribution in [2.24, 2.45) is 0 Å². The lowest BCUT2D eigenvalue weighted by molar-refractivity contribution is 0.0988. The molecule has 0 bridgehead atoms. The highest BCUT2D eigenvalue weighted by Crippen LogP contribution is 2.38. The molecule has 3 rings (SSSR count). The number of rotatable bonds is 14. The molecule has 0 amide bonds. The molecule has 1 atom stereocenters. The third-order valence-corrected chi connectivity index (χ3v) is 9.20. The number of nitrogens with one attached hydrogen (secondary N) is 1.